The van der Waals surface area contributed by atoms with Crippen LogP contribution in [0.2, 0.25) is 5.02 Å². The lowest BCUT2D eigenvalue weighted by Gasteiger charge is -2.04. The van der Waals surface area contributed by atoms with E-state index in [9.17, 15) is 4.79 Å². The molecule has 0 aliphatic heterocycles. The van der Waals surface area contributed by atoms with Crippen molar-refractivity contribution in [3.63, 3.8) is 0 Å². The number of rotatable bonds is 2. The zero-order chi connectivity index (χ0) is 11.7. The summed E-state index contributed by atoms with van der Waals surface area (Å²) in [6.07, 6.45) is 3.33. The fraction of sp³-hybridized carbons (Fsp3) is 0.0909. The van der Waals surface area contributed by atoms with Crippen molar-refractivity contribution in [2.45, 2.75) is 0 Å². The fourth-order valence-electron chi connectivity index (χ4n) is 1.38. The summed E-state index contributed by atoms with van der Waals surface area (Å²) in [5.74, 6) is 0.277. The Morgan fingerprint density at radius 3 is 2.81 bits per heavy atom. The van der Waals surface area contributed by atoms with Crippen LogP contribution < -0.4 is 0 Å². The van der Waals surface area contributed by atoms with Gasteiger partial charge in [-0.3, -0.25) is 4.79 Å². The van der Waals surface area contributed by atoms with Gasteiger partial charge < -0.3 is 4.57 Å². The van der Waals surface area contributed by atoms with Gasteiger partial charge in [0.2, 0.25) is 5.78 Å². The van der Waals surface area contributed by atoms with Crippen molar-refractivity contribution < 1.29 is 4.79 Å². The number of aryl methyl sites for hydroxylation is 1. The van der Waals surface area contributed by atoms with E-state index in [1.54, 1.807) is 42.2 Å². The molecule has 0 N–H and O–H groups in total. The Balaban J connectivity index is 2.46. The van der Waals surface area contributed by atoms with Crippen LogP contribution in [0.5, 0.6) is 0 Å². The van der Waals surface area contributed by atoms with Crippen molar-refractivity contribution in [1.82, 2.24) is 9.55 Å². The van der Waals surface area contributed by atoms with Crippen LogP contribution in [0.1, 0.15) is 16.2 Å². The molecule has 0 aliphatic rings. The highest BCUT2D eigenvalue weighted by molar-refractivity contribution is 9.10. The second-order valence-corrected chi connectivity index (χ2v) is 4.61. The molecule has 1 heterocycles. The highest BCUT2D eigenvalue weighted by Gasteiger charge is 2.16. The number of benzene rings is 1. The lowest BCUT2D eigenvalue weighted by Crippen LogP contribution is -2.09. The highest BCUT2D eigenvalue weighted by atomic mass is 79.9. The van der Waals surface area contributed by atoms with Crippen LogP contribution in [0.3, 0.4) is 0 Å². The first-order valence-electron chi connectivity index (χ1n) is 4.56. The molecule has 0 saturated heterocycles. The Bertz CT molecular complexity index is 551. The van der Waals surface area contributed by atoms with Crippen molar-refractivity contribution in [3.8, 4) is 0 Å². The van der Waals surface area contributed by atoms with Gasteiger partial charge >= 0.3 is 0 Å². The maximum Gasteiger partial charge on any atom is 0.229 e. The smallest absolute Gasteiger partial charge is 0.229 e. The van der Waals surface area contributed by atoms with Crippen LogP contribution in [0.25, 0.3) is 0 Å². The van der Waals surface area contributed by atoms with Crippen LogP contribution in [0.15, 0.2) is 35.1 Å². The largest absolute Gasteiger partial charge is 0.331 e. The summed E-state index contributed by atoms with van der Waals surface area (Å²) >= 11 is 9.13. The molecule has 0 radical (unpaired) electrons. The van der Waals surface area contributed by atoms with Crippen molar-refractivity contribution in [1.29, 1.82) is 0 Å². The Labute approximate surface area is 106 Å². The second-order valence-electron chi connectivity index (χ2n) is 3.32. The third-order valence-electron chi connectivity index (χ3n) is 2.20. The van der Waals surface area contributed by atoms with Gasteiger partial charge in [0.05, 0.1) is 0 Å². The monoisotopic (exact) mass is 298 g/mol. The van der Waals surface area contributed by atoms with E-state index in [1.807, 2.05) is 0 Å². The van der Waals surface area contributed by atoms with E-state index in [0.29, 0.717) is 20.9 Å². The molecule has 2 rings (SSSR count). The molecule has 0 spiro atoms. The van der Waals surface area contributed by atoms with Gasteiger partial charge in [0.1, 0.15) is 0 Å². The van der Waals surface area contributed by atoms with Crippen LogP contribution in [-0.2, 0) is 7.05 Å². The van der Waals surface area contributed by atoms with E-state index in [1.165, 1.54) is 0 Å². The van der Waals surface area contributed by atoms with Gasteiger partial charge in [-0.25, -0.2) is 4.98 Å². The van der Waals surface area contributed by atoms with Crippen LogP contribution in [0.4, 0.5) is 0 Å². The summed E-state index contributed by atoms with van der Waals surface area (Å²) in [5.41, 5.74) is 0.554. The van der Waals surface area contributed by atoms with E-state index >= 15 is 0 Å². The quantitative estimate of drug-likeness (QED) is 0.799. The first-order chi connectivity index (χ1) is 7.59. The molecule has 82 valence electrons. The average molecular weight is 300 g/mol. The summed E-state index contributed by atoms with van der Waals surface area (Å²) in [6.45, 7) is 0. The van der Waals surface area contributed by atoms with Crippen molar-refractivity contribution in [2.24, 2.45) is 7.05 Å². The number of hydrogen-bond acceptors (Lipinski definition) is 2. The second kappa shape index (κ2) is 4.39. The van der Waals surface area contributed by atoms with E-state index in [2.05, 4.69) is 20.9 Å². The molecule has 0 bridgehead atoms. The minimum absolute atomic E-state index is 0.129. The Hall–Kier alpha value is -1.13. The van der Waals surface area contributed by atoms with E-state index in [4.69, 9.17) is 11.6 Å². The number of carbonyl (C=O) groups excluding carboxylic acids is 1. The van der Waals surface area contributed by atoms with Gasteiger partial charge in [-0.15, -0.1) is 0 Å². The molecule has 0 saturated carbocycles. The molecular weight excluding hydrogens is 291 g/mol. The number of hydrogen-bond donors (Lipinski definition) is 0. The standard InChI is InChI=1S/C11H8BrClN2O/c1-15-5-4-14-11(15)10(16)8-3-2-7(13)6-9(8)12/h2-6H,1H3. The highest BCUT2D eigenvalue weighted by Crippen LogP contribution is 2.23. The molecule has 0 atom stereocenters. The summed E-state index contributed by atoms with van der Waals surface area (Å²) in [7, 11) is 1.78. The molecule has 5 heteroatoms. The molecule has 1 aromatic carbocycles. The third kappa shape index (κ3) is 2.03. The van der Waals surface area contributed by atoms with Gasteiger partial charge in [0.15, 0.2) is 5.82 Å². The van der Waals surface area contributed by atoms with E-state index < -0.39 is 0 Å². The van der Waals surface area contributed by atoms with Gasteiger partial charge in [-0.05, 0) is 34.1 Å². The number of imidazole rings is 1. The zero-order valence-corrected chi connectivity index (χ0v) is 10.8. The number of nitrogens with zero attached hydrogens (tertiary/aromatic N) is 2. The zero-order valence-electron chi connectivity index (χ0n) is 8.45. The number of ketones is 1. The number of aromatic nitrogens is 2. The van der Waals surface area contributed by atoms with Crippen LogP contribution >= 0.6 is 27.5 Å². The van der Waals surface area contributed by atoms with Crippen LogP contribution in [-0.4, -0.2) is 15.3 Å². The lowest BCUT2D eigenvalue weighted by atomic mass is 10.1. The van der Waals surface area contributed by atoms with Crippen molar-refractivity contribution >= 4 is 33.3 Å². The number of carbonyl (C=O) groups is 1. The first-order valence-corrected chi connectivity index (χ1v) is 5.74. The summed E-state index contributed by atoms with van der Waals surface area (Å²) in [6, 6.07) is 5.06. The third-order valence-corrected chi connectivity index (χ3v) is 3.09. The maximum atomic E-state index is 12.1. The summed E-state index contributed by atoms with van der Waals surface area (Å²) in [5, 5.41) is 0.586. The first kappa shape index (κ1) is 11.4. The summed E-state index contributed by atoms with van der Waals surface area (Å²) in [4.78, 5) is 16.1. The lowest BCUT2D eigenvalue weighted by molar-refractivity contribution is 0.102. The average Bonchev–Trinajstić information content (AvgIpc) is 2.63. The molecular formula is C11H8BrClN2O. The van der Waals surface area contributed by atoms with Gasteiger partial charge in [0, 0.05) is 34.5 Å². The maximum absolute atomic E-state index is 12.1. The minimum Gasteiger partial charge on any atom is -0.331 e. The molecule has 0 amide bonds. The predicted molar refractivity (Wildman–Crippen MR) is 65.8 cm³/mol. The topological polar surface area (TPSA) is 34.9 Å². The van der Waals surface area contributed by atoms with Crippen LogP contribution in [0, 0.1) is 0 Å². The van der Waals surface area contributed by atoms with E-state index in [0.717, 1.165) is 0 Å². The molecule has 0 fully saturated rings. The van der Waals surface area contributed by atoms with Gasteiger partial charge in [-0.2, -0.15) is 0 Å². The van der Waals surface area contributed by atoms with Gasteiger partial charge in [-0.1, -0.05) is 11.6 Å². The Morgan fingerprint density at radius 2 is 2.25 bits per heavy atom. The molecule has 1 aromatic heterocycles. The molecule has 2 aromatic rings. The molecule has 16 heavy (non-hydrogen) atoms. The van der Waals surface area contributed by atoms with E-state index in [-0.39, 0.29) is 5.78 Å². The molecule has 0 unspecified atom stereocenters. The van der Waals surface area contributed by atoms with Crippen molar-refractivity contribution in [3.05, 3.63) is 51.5 Å². The summed E-state index contributed by atoms with van der Waals surface area (Å²) < 4.78 is 2.36. The molecule has 0 aliphatic carbocycles. The molecule has 3 nitrogen and oxygen atoms in total. The SMILES string of the molecule is Cn1ccnc1C(=O)c1ccc(Cl)cc1Br. The van der Waals surface area contributed by atoms with Gasteiger partial charge in [0.25, 0.3) is 0 Å². The fourth-order valence-corrected chi connectivity index (χ4v) is 2.24. The normalized spacial score (nSPS) is 10.4. The Kier molecular flexibility index (Phi) is 3.12. The Morgan fingerprint density at radius 1 is 1.50 bits per heavy atom. The predicted octanol–water partition coefficient (Wildman–Crippen LogP) is 3.07. The van der Waals surface area contributed by atoms with Crippen molar-refractivity contribution in [2.75, 3.05) is 0 Å². The minimum atomic E-state index is -0.129. The number of halogens is 2.